The van der Waals surface area contributed by atoms with Gasteiger partial charge >= 0.3 is 0 Å². The summed E-state index contributed by atoms with van der Waals surface area (Å²) in [4.78, 5) is 6.46. The Balaban J connectivity index is 1.73. The third-order valence-electron chi connectivity index (χ3n) is 4.02. The van der Waals surface area contributed by atoms with Gasteiger partial charge in [-0.1, -0.05) is 13.3 Å². The lowest BCUT2D eigenvalue weighted by atomic mass is 10.1. The first kappa shape index (κ1) is 15.4. The number of pyridine rings is 1. The van der Waals surface area contributed by atoms with Gasteiger partial charge in [0.1, 0.15) is 5.82 Å². The molecule has 0 radical (unpaired) electrons. The van der Waals surface area contributed by atoms with Crippen molar-refractivity contribution >= 4 is 0 Å². The Bertz CT molecular complexity index is 404. The van der Waals surface area contributed by atoms with Crippen LogP contribution >= 0.6 is 0 Å². The van der Waals surface area contributed by atoms with Gasteiger partial charge in [-0.25, -0.2) is 4.39 Å². The minimum atomic E-state index is -0.266. The van der Waals surface area contributed by atoms with Crippen LogP contribution in [0.3, 0.4) is 0 Å². The van der Waals surface area contributed by atoms with Crippen molar-refractivity contribution in [1.82, 2.24) is 15.2 Å². The zero-order valence-corrected chi connectivity index (χ0v) is 12.6. The van der Waals surface area contributed by atoms with Gasteiger partial charge < -0.3 is 10.2 Å². The number of likely N-dealkylation sites (tertiary alicyclic amines) is 1. The molecule has 2 heterocycles. The fraction of sp³-hybridized carbons (Fsp3) is 0.688. The average molecular weight is 279 g/mol. The zero-order chi connectivity index (χ0) is 14.4. The maximum Gasteiger partial charge on any atom is 0.141 e. The number of aromatic nitrogens is 1. The predicted octanol–water partition coefficient (Wildman–Crippen LogP) is 2.99. The SMILES string of the molecule is CC(CNC(C)c1cncc(F)c1)CN1CCCCC1. The molecule has 0 spiro atoms. The molecular weight excluding hydrogens is 253 g/mol. The van der Waals surface area contributed by atoms with Gasteiger partial charge in [0, 0.05) is 18.8 Å². The molecule has 0 aliphatic carbocycles. The average Bonchev–Trinajstić information content (AvgIpc) is 2.46. The van der Waals surface area contributed by atoms with Crippen LogP contribution in [0.1, 0.15) is 44.7 Å². The Labute approximate surface area is 121 Å². The predicted molar refractivity (Wildman–Crippen MR) is 80.1 cm³/mol. The van der Waals surface area contributed by atoms with E-state index < -0.39 is 0 Å². The van der Waals surface area contributed by atoms with Crippen LogP contribution in [-0.4, -0.2) is 36.1 Å². The Kier molecular flexibility index (Phi) is 5.92. The summed E-state index contributed by atoms with van der Waals surface area (Å²) < 4.78 is 13.1. The minimum absolute atomic E-state index is 0.141. The standard InChI is InChI=1S/C16H26FN3/c1-13(12-20-6-4-3-5-7-20)9-19-14(2)15-8-16(17)11-18-10-15/h8,10-11,13-14,19H,3-7,9,12H2,1-2H3. The van der Waals surface area contributed by atoms with E-state index in [0.717, 1.165) is 18.7 Å². The van der Waals surface area contributed by atoms with Gasteiger partial charge in [-0.05, 0) is 56.9 Å². The zero-order valence-electron chi connectivity index (χ0n) is 12.6. The Morgan fingerprint density at radius 2 is 2.00 bits per heavy atom. The molecule has 112 valence electrons. The van der Waals surface area contributed by atoms with Gasteiger partial charge in [-0.2, -0.15) is 0 Å². The summed E-state index contributed by atoms with van der Waals surface area (Å²) in [5.74, 6) is 0.342. The maximum atomic E-state index is 13.1. The number of hydrogen-bond donors (Lipinski definition) is 1. The second-order valence-corrected chi connectivity index (χ2v) is 6.03. The van der Waals surface area contributed by atoms with Crippen molar-refractivity contribution in [3.05, 3.63) is 29.8 Å². The van der Waals surface area contributed by atoms with E-state index in [-0.39, 0.29) is 11.9 Å². The smallest absolute Gasteiger partial charge is 0.141 e. The van der Waals surface area contributed by atoms with Crippen molar-refractivity contribution in [3.8, 4) is 0 Å². The summed E-state index contributed by atoms with van der Waals surface area (Å²) in [6.45, 7) is 8.93. The van der Waals surface area contributed by atoms with Crippen LogP contribution in [-0.2, 0) is 0 Å². The van der Waals surface area contributed by atoms with Crippen molar-refractivity contribution < 1.29 is 4.39 Å². The molecule has 2 unspecified atom stereocenters. The fourth-order valence-electron chi connectivity index (χ4n) is 2.81. The highest BCUT2D eigenvalue weighted by Gasteiger charge is 2.14. The van der Waals surface area contributed by atoms with Crippen LogP contribution in [0.2, 0.25) is 0 Å². The number of nitrogens with one attached hydrogen (secondary N) is 1. The first-order valence-corrected chi connectivity index (χ1v) is 7.71. The summed E-state index contributed by atoms with van der Waals surface area (Å²) in [5, 5.41) is 3.48. The molecule has 1 aliphatic rings. The molecule has 1 aliphatic heterocycles. The van der Waals surface area contributed by atoms with E-state index in [2.05, 4.69) is 29.0 Å². The highest BCUT2D eigenvalue weighted by atomic mass is 19.1. The molecule has 1 fully saturated rings. The van der Waals surface area contributed by atoms with Crippen LogP contribution < -0.4 is 5.32 Å². The van der Waals surface area contributed by atoms with Crippen molar-refractivity contribution in [3.63, 3.8) is 0 Å². The normalized spacial score (nSPS) is 19.8. The molecule has 2 rings (SSSR count). The summed E-state index contributed by atoms with van der Waals surface area (Å²) in [5.41, 5.74) is 0.912. The van der Waals surface area contributed by atoms with Gasteiger partial charge in [0.25, 0.3) is 0 Å². The molecule has 0 amide bonds. The highest BCUT2D eigenvalue weighted by molar-refractivity contribution is 5.14. The molecule has 1 N–H and O–H groups in total. The lowest BCUT2D eigenvalue weighted by Gasteiger charge is -2.29. The van der Waals surface area contributed by atoms with Crippen LogP contribution in [0.5, 0.6) is 0 Å². The Morgan fingerprint density at radius 1 is 1.25 bits per heavy atom. The van der Waals surface area contributed by atoms with E-state index in [1.54, 1.807) is 12.3 Å². The summed E-state index contributed by atoms with van der Waals surface area (Å²) in [7, 11) is 0. The molecule has 1 aromatic heterocycles. The molecule has 0 saturated carbocycles. The van der Waals surface area contributed by atoms with E-state index in [0.29, 0.717) is 5.92 Å². The molecule has 20 heavy (non-hydrogen) atoms. The Morgan fingerprint density at radius 3 is 2.70 bits per heavy atom. The Hall–Kier alpha value is -1.00. The number of halogens is 1. The number of piperidine rings is 1. The van der Waals surface area contributed by atoms with E-state index in [4.69, 9.17) is 0 Å². The third-order valence-corrected chi connectivity index (χ3v) is 4.02. The van der Waals surface area contributed by atoms with Gasteiger partial charge in [-0.15, -0.1) is 0 Å². The minimum Gasteiger partial charge on any atom is -0.310 e. The van der Waals surface area contributed by atoms with Gasteiger partial charge in [-0.3, -0.25) is 4.98 Å². The second-order valence-electron chi connectivity index (χ2n) is 6.03. The van der Waals surface area contributed by atoms with Gasteiger partial charge in [0.15, 0.2) is 0 Å². The van der Waals surface area contributed by atoms with Gasteiger partial charge in [0.2, 0.25) is 0 Å². The van der Waals surface area contributed by atoms with Crippen molar-refractivity contribution in [2.24, 2.45) is 5.92 Å². The summed E-state index contributed by atoms with van der Waals surface area (Å²) in [6.07, 6.45) is 7.04. The van der Waals surface area contributed by atoms with Crippen molar-refractivity contribution in [2.45, 2.75) is 39.2 Å². The topological polar surface area (TPSA) is 28.2 Å². The van der Waals surface area contributed by atoms with Gasteiger partial charge in [0.05, 0.1) is 6.20 Å². The number of nitrogens with zero attached hydrogens (tertiary/aromatic N) is 2. The molecule has 4 heteroatoms. The second kappa shape index (κ2) is 7.70. The number of hydrogen-bond acceptors (Lipinski definition) is 3. The first-order valence-electron chi connectivity index (χ1n) is 7.71. The van der Waals surface area contributed by atoms with Crippen molar-refractivity contribution in [2.75, 3.05) is 26.2 Å². The monoisotopic (exact) mass is 279 g/mol. The van der Waals surface area contributed by atoms with E-state index in [9.17, 15) is 4.39 Å². The van der Waals surface area contributed by atoms with E-state index in [1.807, 2.05) is 0 Å². The molecule has 1 aromatic rings. The largest absolute Gasteiger partial charge is 0.310 e. The summed E-state index contributed by atoms with van der Waals surface area (Å²) in [6, 6.07) is 1.70. The van der Waals surface area contributed by atoms with E-state index in [1.165, 1.54) is 38.5 Å². The molecule has 1 saturated heterocycles. The van der Waals surface area contributed by atoms with Crippen LogP contribution in [0.15, 0.2) is 18.5 Å². The highest BCUT2D eigenvalue weighted by Crippen LogP contribution is 2.14. The summed E-state index contributed by atoms with van der Waals surface area (Å²) >= 11 is 0. The molecular formula is C16H26FN3. The molecule has 3 nitrogen and oxygen atoms in total. The van der Waals surface area contributed by atoms with Crippen molar-refractivity contribution in [1.29, 1.82) is 0 Å². The lowest BCUT2D eigenvalue weighted by molar-refractivity contribution is 0.197. The van der Waals surface area contributed by atoms with Crippen LogP contribution in [0.4, 0.5) is 4.39 Å². The number of rotatable bonds is 6. The fourth-order valence-corrected chi connectivity index (χ4v) is 2.81. The maximum absolute atomic E-state index is 13.1. The third kappa shape index (κ3) is 4.84. The van der Waals surface area contributed by atoms with Crippen LogP contribution in [0, 0.1) is 11.7 Å². The van der Waals surface area contributed by atoms with E-state index >= 15 is 0 Å². The lowest BCUT2D eigenvalue weighted by Crippen LogP contribution is -2.37. The first-order chi connectivity index (χ1) is 9.65. The molecule has 0 aromatic carbocycles. The molecule has 0 bridgehead atoms. The van der Waals surface area contributed by atoms with Crippen LogP contribution in [0.25, 0.3) is 0 Å². The molecule has 2 atom stereocenters. The quantitative estimate of drug-likeness (QED) is 0.867.